The number of nitrogens with zero attached hydrogens (tertiary/aromatic N) is 1. The second-order valence-corrected chi connectivity index (χ2v) is 16.9. The van der Waals surface area contributed by atoms with Crippen LogP contribution in [-0.4, -0.2) is 42.5 Å². The zero-order valence-corrected chi connectivity index (χ0v) is 25.3. The molecule has 2 heterocycles. The molecule has 0 aromatic carbocycles. The molecule has 0 bridgehead atoms. The van der Waals surface area contributed by atoms with Crippen LogP contribution < -0.4 is 16.6 Å². The van der Waals surface area contributed by atoms with Crippen molar-refractivity contribution in [1.82, 2.24) is 14.9 Å². The fraction of sp³-hybridized carbons (Fsp3) is 0.821. The van der Waals surface area contributed by atoms with Gasteiger partial charge in [-0.1, -0.05) is 79.1 Å². The molecule has 37 heavy (non-hydrogen) atoms. The molecule has 0 spiro atoms. The predicted molar refractivity (Wildman–Crippen MR) is 152 cm³/mol. The lowest BCUT2D eigenvalue weighted by Gasteiger charge is -2.39. The van der Waals surface area contributed by atoms with E-state index in [1.54, 1.807) is 13.1 Å². The molecule has 3 atom stereocenters. The van der Waals surface area contributed by atoms with Gasteiger partial charge in [0.1, 0.15) is 12.3 Å². The Morgan fingerprint density at radius 1 is 1.11 bits per heavy atom. The number of hydrogen-bond donors (Lipinski definition) is 2. The highest BCUT2D eigenvalue weighted by atomic mass is 28.4. The third kappa shape index (κ3) is 9.83. The van der Waals surface area contributed by atoms with Crippen LogP contribution in [-0.2, 0) is 14.0 Å². The van der Waals surface area contributed by atoms with E-state index in [1.807, 2.05) is 0 Å². The number of ether oxygens (including phenoxy) is 1. The molecule has 1 amide bonds. The Balaban J connectivity index is 1.92. The SMILES string of the molecule is CCCCCCCCCCCC(=O)NC[C@H]1O[C@@H](n2cc(C)c(=O)[nH]c2=O)C[C@@H]1O[Si](C)(C)C(C)(C)C. The summed E-state index contributed by atoms with van der Waals surface area (Å²) in [5, 5.41) is 3.05. The number of aromatic nitrogens is 2. The number of aryl methyl sites for hydroxylation is 1. The van der Waals surface area contributed by atoms with Crippen molar-refractivity contribution >= 4 is 14.2 Å². The average Bonchev–Trinajstić information content (AvgIpc) is 3.19. The smallest absolute Gasteiger partial charge is 0.330 e. The highest BCUT2D eigenvalue weighted by Gasteiger charge is 2.45. The summed E-state index contributed by atoms with van der Waals surface area (Å²) in [4.78, 5) is 39.2. The van der Waals surface area contributed by atoms with Crippen LogP contribution in [0.1, 0.15) is 110 Å². The molecule has 0 saturated carbocycles. The number of H-pyrrole nitrogens is 1. The Kier molecular flexibility index (Phi) is 12.3. The minimum Gasteiger partial charge on any atom is -0.411 e. The zero-order chi connectivity index (χ0) is 27.6. The molecule has 2 N–H and O–H groups in total. The van der Waals surface area contributed by atoms with Crippen molar-refractivity contribution in [1.29, 1.82) is 0 Å². The van der Waals surface area contributed by atoms with Crippen LogP contribution in [0.2, 0.25) is 18.1 Å². The standard InChI is InChI=1S/C28H51N3O5Si/c1-8-9-10-11-12-13-14-15-16-17-24(32)29-19-23-22(36-37(6,7)28(3,4)5)18-25(35-23)31-20-21(2)26(33)30-27(31)34/h20,22-23,25H,8-19H2,1-7H3,(H,29,32)(H,30,33,34)/t22-,23+,25+/m0/s1. The van der Waals surface area contributed by atoms with Gasteiger partial charge in [-0.3, -0.25) is 19.1 Å². The van der Waals surface area contributed by atoms with Crippen molar-refractivity contribution in [2.75, 3.05) is 6.54 Å². The second kappa shape index (κ2) is 14.4. The van der Waals surface area contributed by atoms with Gasteiger partial charge in [0, 0.05) is 31.1 Å². The molecule has 1 aromatic heterocycles. The number of nitrogens with one attached hydrogen (secondary N) is 2. The number of rotatable bonds is 15. The maximum absolute atomic E-state index is 12.6. The normalized spacial score (nSPS) is 20.4. The van der Waals surface area contributed by atoms with Crippen LogP contribution in [0.4, 0.5) is 0 Å². The minimum atomic E-state index is -2.11. The maximum Gasteiger partial charge on any atom is 0.330 e. The van der Waals surface area contributed by atoms with Crippen molar-refractivity contribution in [2.24, 2.45) is 0 Å². The first kappa shape index (κ1) is 31.5. The van der Waals surface area contributed by atoms with E-state index in [1.165, 1.54) is 49.5 Å². The zero-order valence-electron chi connectivity index (χ0n) is 24.3. The summed E-state index contributed by atoms with van der Waals surface area (Å²) >= 11 is 0. The predicted octanol–water partition coefficient (Wildman–Crippen LogP) is 5.56. The first-order chi connectivity index (χ1) is 17.4. The second-order valence-electron chi connectivity index (χ2n) is 12.1. The summed E-state index contributed by atoms with van der Waals surface area (Å²) in [6.07, 6.45) is 12.3. The van der Waals surface area contributed by atoms with Gasteiger partial charge in [-0.25, -0.2) is 4.79 Å². The number of carbonyl (C=O) groups is 1. The molecular formula is C28H51N3O5Si. The minimum absolute atomic E-state index is 0.0142. The third-order valence-electron chi connectivity index (χ3n) is 7.90. The molecule has 0 unspecified atom stereocenters. The summed E-state index contributed by atoms with van der Waals surface area (Å²) in [6.45, 7) is 15.2. The first-order valence-electron chi connectivity index (χ1n) is 14.3. The number of hydrogen-bond acceptors (Lipinski definition) is 5. The van der Waals surface area contributed by atoms with E-state index in [2.05, 4.69) is 51.1 Å². The summed E-state index contributed by atoms with van der Waals surface area (Å²) in [7, 11) is -2.11. The number of carbonyl (C=O) groups excluding carboxylic acids is 1. The van der Waals surface area contributed by atoms with Crippen molar-refractivity contribution in [3.05, 3.63) is 32.6 Å². The van der Waals surface area contributed by atoms with Crippen LogP contribution >= 0.6 is 0 Å². The Bertz CT molecular complexity index is 966. The lowest BCUT2D eigenvalue weighted by atomic mass is 10.1. The maximum atomic E-state index is 12.6. The van der Waals surface area contributed by atoms with E-state index in [9.17, 15) is 14.4 Å². The molecule has 1 aliphatic rings. The van der Waals surface area contributed by atoms with Crippen molar-refractivity contribution < 1.29 is 14.0 Å². The van der Waals surface area contributed by atoms with Gasteiger partial charge in [0.2, 0.25) is 5.91 Å². The van der Waals surface area contributed by atoms with Gasteiger partial charge < -0.3 is 14.5 Å². The molecule has 212 valence electrons. The van der Waals surface area contributed by atoms with E-state index < -0.39 is 25.8 Å². The van der Waals surface area contributed by atoms with E-state index in [-0.39, 0.29) is 23.2 Å². The van der Waals surface area contributed by atoms with Gasteiger partial charge in [0.25, 0.3) is 5.56 Å². The first-order valence-corrected chi connectivity index (χ1v) is 17.2. The lowest BCUT2D eigenvalue weighted by molar-refractivity contribution is -0.122. The highest BCUT2D eigenvalue weighted by Crippen LogP contribution is 2.40. The largest absolute Gasteiger partial charge is 0.411 e. The number of unbranched alkanes of at least 4 members (excludes halogenated alkanes) is 8. The van der Waals surface area contributed by atoms with Crippen molar-refractivity contribution in [2.45, 2.75) is 142 Å². The van der Waals surface area contributed by atoms with Crippen LogP contribution in [0.25, 0.3) is 0 Å². The summed E-state index contributed by atoms with van der Waals surface area (Å²) < 4.78 is 14.4. The molecule has 2 rings (SSSR count). The molecule has 1 aromatic rings. The third-order valence-corrected chi connectivity index (χ3v) is 12.4. The van der Waals surface area contributed by atoms with Crippen molar-refractivity contribution in [3.8, 4) is 0 Å². The topological polar surface area (TPSA) is 102 Å². The van der Waals surface area contributed by atoms with E-state index in [4.69, 9.17) is 9.16 Å². The quantitative estimate of drug-likeness (QED) is 0.225. The van der Waals surface area contributed by atoms with Gasteiger partial charge in [0.15, 0.2) is 8.32 Å². The number of amides is 1. The van der Waals surface area contributed by atoms with Crippen LogP contribution in [0.5, 0.6) is 0 Å². The molecule has 0 aliphatic carbocycles. The van der Waals surface area contributed by atoms with Gasteiger partial charge in [-0.05, 0) is 31.5 Å². The highest BCUT2D eigenvalue weighted by molar-refractivity contribution is 6.74. The van der Waals surface area contributed by atoms with Gasteiger partial charge >= 0.3 is 5.69 Å². The Morgan fingerprint density at radius 3 is 2.30 bits per heavy atom. The van der Waals surface area contributed by atoms with Gasteiger partial charge in [-0.2, -0.15) is 0 Å². The summed E-state index contributed by atoms with van der Waals surface area (Å²) in [5.41, 5.74) is -0.446. The van der Waals surface area contributed by atoms with Crippen LogP contribution in [0.3, 0.4) is 0 Å². The summed E-state index contributed by atoms with van der Waals surface area (Å²) in [5.74, 6) is 0.0260. The van der Waals surface area contributed by atoms with Gasteiger partial charge in [0.05, 0.1) is 6.10 Å². The van der Waals surface area contributed by atoms with Crippen molar-refractivity contribution in [3.63, 3.8) is 0 Å². The molecule has 1 aliphatic heterocycles. The Morgan fingerprint density at radius 2 is 1.70 bits per heavy atom. The molecule has 8 nitrogen and oxygen atoms in total. The molecule has 1 saturated heterocycles. The van der Waals surface area contributed by atoms with E-state index in [0.717, 1.165) is 12.8 Å². The Hall–Kier alpha value is -1.71. The van der Waals surface area contributed by atoms with Crippen LogP contribution in [0, 0.1) is 6.92 Å². The molecule has 9 heteroatoms. The lowest BCUT2D eigenvalue weighted by Crippen LogP contribution is -2.48. The summed E-state index contributed by atoms with van der Waals surface area (Å²) in [6, 6.07) is 0. The molecule has 0 radical (unpaired) electrons. The Labute approximate surface area is 224 Å². The average molecular weight is 538 g/mol. The fourth-order valence-electron chi connectivity index (χ4n) is 4.43. The van der Waals surface area contributed by atoms with E-state index in [0.29, 0.717) is 24.9 Å². The monoisotopic (exact) mass is 537 g/mol. The molecular weight excluding hydrogens is 486 g/mol. The van der Waals surface area contributed by atoms with Crippen LogP contribution in [0.15, 0.2) is 15.8 Å². The van der Waals surface area contributed by atoms with E-state index >= 15 is 0 Å². The van der Waals surface area contributed by atoms with Gasteiger partial charge in [-0.15, -0.1) is 0 Å². The fourth-order valence-corrected chi connectivity index (χ4v) is 5.79. The molecule has 1 fully saturated rings. The number of aromatic amines is 1.